The SMILES string of the molecule is CC.CCOC(=O)c1cc2cc(C3CC3)c(NSCCCF)cc2[nH]1. The van der Waals surface area contributed by atoms with Crippen LogP contribution in [-0.4, -0.2) is 30.0 Å². The van der Waals surface area contributed by atoms with Crippen LogP contribution in [0, 0.1) is 0 Å². The zero-order valence-electron chi connectivity index (χ0n) is 15.2. The lowest BCUT2D eigenvalue weighted by Crippen LogP contribution is -2.04. The molecule has 0 spiro atoms. The van der Waals surface area contributed by atoms with Gasteiger partial charge in [-0.2, -0.15) is 0 Å². The van der Waals surface area contributed by atoms with Gasteiger partial charge >= 0.3 is 5.97 Å². The number of ether oxygens (including phenoxy) is 1. The van der Waals surface area contributed by atoms with E-state index in [1.54, 1.807) is 6.92 Å². The standard InChI is InChI=1S/C17H21FN2O2S.C2H6/c1-2-22-17(21)16-9-12-8-13(11-4-5-11)15(10-14(12)19-16)20-23-7-3-6-18;1-2/h8-11,19-20H,2-7H2,1H3;1-2H3. The van der Waals surface area contributed by atoms with E-state index in [4.69, 9.17) is 4.74 Å². The molecular formula is C19H27FN2O2S. The average Bonchev–Trinajstić information content (AvgIpc) is 3.39. The Morgan fingerprint density at radius 3 is 2.76 bits per heavy atom. The fourth-order valence-corrected chi connectivity index (χ4v) is 3.28. The Hall–Kier alpha value is -1.69. The second-order valence-electron chi connectivity index (χ2n) is 5.70. The van der Waals surface area contributed by atoms with Crippen LogP contribution >= 0.6 is 11.9 Å². The molecule has 0 amide bonds. The van der Waals surface area contributed by atoms with E-state index in [1.807, 2.05) is 26.0 Å². The molecule has 1 saturated carbocycles. The first kappa shape index (κ1) is 19.6. The number of esters is 1. The number of carbonyl (C=O) groups is 1. The largest absolute Gasteiger partial charge is 0.461 e. The second kappa shape index (κ2) is 9.70. The first-order valence-electron chi connectivity index (χ1n) is 9.00. The van der Waals surface area contributed by atoms with Gasteiger partial charge in [0, 0.05) is 22.3 Å². The third-order valence-electron chi connectivity index (χ3n) is 3.87. The lowest BCUT2D eigenvalue weighted by atomic mass is 10.1. The number of fused-ring (bicyclic) bond motifs is 1. The van der Waals surface area contributed by atoms with Gasteiger partial charge in [-0.3, -0.25) is 4.39 Å². The normalized spacial score (nSPS) is 13.3. The molecule has 1 aromatic heterocycles. The third kappa shape index (κ3) is 5.14. The van der Waals surface area contributed by atoms with E-state index in [-0.39, 0.29) is 12.6 Å². The zero-order valence-corrected chi connectivity index (χ0v) is 16.0. The molecule has 1 heterocycles. The van der Waals surface area contributed by atoms with E-state index >= 15 is 0 Å². The third-order valence-corrected chi connectivity index (χ3v) is 4.72. The molecule has 2 aromatic rings. The maximum atomic E-state index is 12.2. The van der Waals surface area contributed by atoms with Gasteiger partial charge in [-0.25, -0.2) is 4.79 Å². The predicted octanol–water partition coefficient (Wildman–Crippen LogP) is 5.67. The van der Waals surface area contributed by atoms with Crippen molar-refractivity contribution < 1.29 is 13.9 Å². The van der Waals surface area contributed by atoms with E-state index in [9.17, 15) is 9.18 Å². The van der Waals surface area contributed by atoms with Crippen LogP contribution in [0.4, 0.5) is 10.1 Å². The average molecular weight is 367 g/mol. The van der Waals surface area contributed by atoms with Crippen molar-refractivity contribution in [1.29, 1.82) is 0 Å². The topological polar surface area (TPSA) is 54.1 Å². The summed E-state index contributed by atoms with van der Waals surface area (Å²) in [5, 5.41) is 1.02. The molecule has 4 nitrogen and oxygen atoms in total. The summed E-state index contributed by atoms with van der Waals surface area (Å²) < 4.78 is 20.6. The van der Waals surface area contributed by atoms with Gasteiger partial charge in [-0.1, -0.05) is 25.8 Å². The van der Waals surface area contributed by atoms with Gasteiger partial charge in [-0.15, -0.1) is 0 Å². The minimum atomic E-state index is -0.330. The fraction of sp³-hybridized carbons (Fsp3) is 0.526. The predicted molar refractivity (Wildman–Crippen MR) is 104 cm³/mol. The minimum absolute atomic E-state index is 0.289. The fourth-order valence-electron chi connectivity index (χ4n) is 2.59. The van der Waals surface area contributed by atoms with Gasteiger partial charge in [0.25, 0.3) is 0 Å². The second-order valence-corrected chi connectivity index (χ2v) is 6.60. The summed E-state index contributed by atoms with van der Waals surface area (Å²) in [6.07, 6.45) is 2.95. The number of hydrogen-bond donors (Lipinski definition) is 2. The molecule has 1 aliphatic rings. The highest BCUT2D eigenvalue weighted by molar-refractivity contribution is 8.00. The van der Waals surface area contributed by atoms with Gasteiger partial charge in [0.2, 0.25) is 0 Å². The number of benzene rings is 1. The van der Waals surface area contributed by atoms with E-state index in [0.717, 1.165) is 22.3 Å². The highest BCUT2D eigenvalue weighted by atomic mass is 32.2. The van der Waals surface area contributed by atoms with Crippen LogP contribution in [-0.2, 0) is 4.74 Å². The molecule has 138 valence electrons. The molecule has 0 unspecified atom stereocenters. The Morgan fingerprint density at radius 2 is 2.12 bits per heavy atom. The molecule has 0 radical (unpaired) electrons. The number of hydrogen-bond acceptors (Lipinski definition) is 4. The van der Waals surface area contributed by atoms with Crippen molar-refractivity contribution in [3.63, 3.8) is 0 Å². The number of anilines is 1. The molecule has 3 rings (SSSR count). The first-order valence-corrected chi connectivity index (χ1v) is 9.99. The Kier molecular flexibility index (Phi) is 7.62. The Labute approximate surface area is 153 Å². The summed E-state index contributed by atoms with van der Waals surface area (Å²) in [5.74, 6) is 0.991. The summed E-state index contributed by atoms with van der Waals surface area (Å²) >= 11 is 1.52. The monoisotopic (exact) mass is 366 g/mol. The number of H-pyrrole nitrogens is 1. The number of aromatic amines is 1. The molecule has 1 fully saturated rings. The lowest BCUT2D eigenvalue weighted by molar-refractivity contribution is 0.0520. The summed E-state index contributed by atoms with van der Waals surface area (Å²) in [6.45, 7) is 5.87. The van der Waals surface area contributed by atoms with Gasteiger partial charge in [0.15, 0.2) is 0 Å². The van der Waals surface area contributed by atoms with Crippen LogP contribution in [0.2, 0.25) is 0 Å². The molecule has 1 aromatic carbocycles. The molecule has 0 bridgehead atoms. The lowest BCUT2D eigenvalue weighted by Gasteiger charge is -2.11. The molecular weight excluding hydrogens is 339 g/mol. The number of nitrogens with one attached hydrogen (secondary N) is 2. The highest BCUT2D eigenvalue weighted by Crippen LogP contribution is 2.45. The van der Waals surface area contributed by atoms with Crippen molar-refractivity contribution in [1.82, 2.24) is 4.98 Å². The summed E-state index contributed by atoms with van der Waals surface area (Å²) in [4.78, 5) is 15.0. The van der Waals surface area contributed by atoms with Crippen molar-refractivity contribution >= 4 is 34.5 Å². The zero-order chi connectivity index (χ0) is 18.2. The van der Waals surface area contributed by atoms with Crippen LogP contribution in [0.1, 0.15) is 62.0 Å². The number of carbonyl (C=O) groups excluding carboxylic acids is 1. The Balaban J connectivity index is 0.00000109. The van der Waals surface area contributed by atoms with Crippen molar-refractivity contribution in [3.8, 4) is 0 Å². The smallest absolute Gasteiger partial charge is 0.354 e. The number of aromatic nitrogens is 1. The van der Waals surface area contributed by atoms with Crippen LogP contribution in [0.25, 0.3) is 10.9 Å². The minimum Gasteiger partial charge on any atom is -0.461 e. The number of alkyl halides is 1. The van der Waals surface area contributed by atoms with E-state index < -0.39 is 0 Å². The molecule has 1 aliphatic carbocycles. The van der Waals surface area contributed by atoms with E-state index in [0.29, 0.717) is 24.6 Å². The summed E-state index contributed by atoms with van der Waals surface area (Å²) in [7, 11) is 0. The summed E-state index contributed by atoms with van der Waals surface area (Å²) in [6, 6.07) is 6.03. The van der Waals surface area contributed by atoms with Crippen LogP contribution < -0.4 is 4.72 Å². The number of halogens is 1. The Bertz CT molecular complexity index is 698. The van der Waals surface area contributed by atoms with E-state index in [2.05, 4.69) is 15.8 Å². The van der Waals surface area contributed by atoms with Gasteiger partial charge in [-0.05, 0) is 55.9 Å². The van der Waals surface area contributed by atoms with Gasteiger partial charge in [0.05, 0.1) is 13.3 Å². The first-order chi connectivity index (χ1) is 12.2. The molecule has 25 heavy (non-hydrogen) atoms. The maximum Gasteiger partial charge on any atom is 0.354 e. The maximum absolute atomic E-state index is 12.2. The van der Waals surface area contributed by atoms with Crippen molar-refractivity contribution in [2.45, 2.75) is 46.0 Å². The van der Waals surface area contributed by atoms with Crippen LogP contribution in [0.5, 0.6) is 0 Å². The molecule has 0 aliphatic heterocycles. The van der Waals surface area contributed by atoms with Crippen molar-refractivity contribution in [3.05, 3.63) is 29.5 Å². The molecule has 2 N–H and O–H groups in total. The van der Waals surface area contributed by atoms with Crippen molar-refractivity contribution in [2.75, 3.05) is 23.8 Å². The van der Waals surface area contributed by atoms with E-state index in [1.165, 1.54) is 30.4 Å². The molecule has 6 heteroatoms. The summed E-state index contributed by atoms with van der Waals surface area (Å²) in [5.41, 5.74) is 3.72. The van der Waals surface area contributed by atoms with Crippen LogP contribution in [0.3, 0.4) is 0 Å². The van der Waals surface area contributed by atoms with Crippen LogP contribution in [0.15, 0.2) is 18.2 Å². The van der Waals surface area contributed by atoms with Gasteiger partial charge in [0.1, 0.15) is 5.69 Å². The quantitative estimate of drug-likeness (QED) is 0.359. The van der Waals surface area contributed by atoms with Gasteiger partial charge < -0.3 is 14.4 Å². The molecule has 0 saturated heterocycles. The highest BCUT2D eigenvalue weighted by Gasteiger charge is 2.27. The number of rotatable bonds is 8. The molecule has 0 atom stereocenters. The van der Waals surface area contributed by atoms with Crippen molar-refractivity contribution in [2.24, 2.45) is 0 Å². The Morgan fingerprint density at radius 1 is 1.36 bits per heavy atom.